The zero-order valence-electron chi connectivity index (χ0n) is 18.2. The predicted octanol–water partition coefficient (Wildman–Crippen LogP) is 5.38. The number of anilines is 1. The van der Waals surface area contributed by atoms with Crippen molar-refractivity contribution < 1.29 is 14.1 Å². The van der Waals surface area contributed by atoms with Crippen molar-refractivity contribution in [2.24, 2.45) is 5.92 Å². The zero-order chi connectivity index (χ0) is 22.8. The van der Waals surface area contributed by atoms with Gasteiger partial charge in [-0.2, -0.15) is 4.98 Å². The van der Waals surface area contributed by atoms with Gasteiger partial charge in [0.2, 0.25) is 5.82 Å². The van der Waals surface area contributed by atoms with Gasteiger partial charge in [-0.3, -0.25) is 4.79 Å². The molecule has 7 nitrogen and oxygen atoms in total. The van der Waals surface area contributed by atoms with E-state index in [1.165, 1.54) is 0 Å². The third kappa shape index (κ3) is 4.41. The number of carbonyl (C=O) groups excluding carboxylic acids is 1. The van der Waals surface area contributed by atoms with E-state index < -0.39 is 0 Å². The summed E-state index contributed by atoms with van der Waals surface area (Å²) in [5.41, 5.74) is 2.46. The molecule has 0 spiro atoms. The summed E-state index contributed by atoms with van der Waals surface area (Å²) in [4.78, 5) is 24.0. The summed E-state index contributed by atoms with van der Waals surface area (Å²) in [6, 6.07) is 17.1. The Balaban J connectivity index is 1.52. The van der Waals surface area contributed by atoms with Crippen molar-refractivity contribution in [1.29, 1.82) is 0 Å². The Bertz CT molecular complexity index is 1290. The minimum Gasteiger partial charge on any atom is -0.466 e. The van der Waals surface area contributed by atoms with Crippen LogP contribution in [0.4, 0.5) is 5.82 Å². The maximum Gasteiger partial charge on any atom is 0.310 e. The number of benzene rings is 2. The fraction of sp³-hybridized carbons (Fsp3) is 0.280. The molecule has 1 aliphatic rings. The van der Waals surface area contributed by atoms with Crippen molar-refractivity contribution in [1.82, 2.24) is 15.1 Å². The van der Waals surface area contributed by atoms with Crippen LogP contribution in [0.5, 0.6) is 0 Å². The van der Waals surface area contributed by atoms with Crippen molar-refractivity contribution in [3.8, 4) is 22.8 Å². The molecule has 0 aliphatic carbocycles. The van der Waals surface area contributed by atoms with Crippen molar-refractivity contribution >= 4 is 34.3 Å². The molecule has 1 saturated heterocycles. The molecule has 0 unspecified atom stereocenters. The zero-order valence-corrected chi connectivity index (χ0v) is 19.0. The summed E-state index contributed by atoms with van der Waals surface area (Å²) in [6.07, 6.45) is 1.72. The number of rotatable bonds is 5. The standard InChI is InChI=1S/C25H23ClN4O3/c1-2-32-25(31)17-6-5-13-30(15-17)22-14-20(19-7-3-4-8-21(19)27-22)24-28-23(29-33-24)16-9-11-18(26)12-10-16/h3-4,7-12,14,17H,2,5-6,13,15H2,1H3/t17-/m0/s1. The lowest BCUT2D eigenvalue weighted by Crippen LogP contribution is -2.39. The number of hydrogen-bond acceptors (Lipinski definition) is 7. The second-order valence-corrected chi connectivity index (χ2v) is 8.45. The molecule has 5 rings (SSSR count). The van der Waals surface area contributed by atoms with Gasteiger partial charge in [0.25, 0.3) is 5.89 Å². The molecule has 1 atom stereocenters. The third-order valence-electron chi connectivity index (χ3n) is 5.83. The fourth-order valence-electron chi connectivity index (χ4n) is 4.19. The Hall–Kier alpha value is -3.45. The van der Waals surface area contributed by atoms with Crippen LogP contribution in [0, 0.1) is 5.92 Å². The van der Waals surface area contributed by atoms with Crippen LogP contribution in [0.1, 0.15) is 19.8 Å². The average Bonchev–Trinajstić information content (AvgIpc) is 3.34. The topological polar surface area (TPSA) is 81.4 Å². The monoisotopic (exact) mass is 462 g/mol. The first-order chi connectivity index (χ1) is 16.1. The highest BCUT2D eigenvalue weighted by Crippen LogP contribution is 2.33. The molecule has 0 N–H and O–H groups in total. The van der Waals surface area contributed by atoms with E-state index in [9.17, 15) is 4.79 Å². The Kier molecular flexibility index (Phi) is 5.96. The average molecular weight is 463 g/mol. The van der Waals surface area contributed by atoms with Crippen molar-refractivity contribution in [2.75, 3.05) is 24.6 Å². The van der Waals surface area contributed by atoms with Gasteiger partial charge < -0.3 is 14.2 Å². The van der Waals surface area contributed by atoms with Gasteiger partial charge in [-0.1, -0.05) is 35.0 Å². The van der Waals surface area contributed by atoms with Crippen LogP contribution in [0.2, 0.25) is 5.02 Å². The number of halogens is 1. The largest absolute Gasteiger partial charge is 0.466 e. The maximum absolute atomic E-state index is 12.3. The van der Waals surface area contributed by atoms with Gasteiger partial charge >= 0.3 is 5.97 Å². The van der Waals surface area contributed by atoms with Crippen LogP contribution >= 0.6 is 11.6 Å². The van der Waals surface area contributed by atoms with Gasteiger partial charge in [0.05, 0.1) is 23.6 Å². The predicted molar refractivity (Wildman–Crippen MR) is 127 cm³/mol. The Morgan fingerprint density at radius 2 is 2.00 bits per heavy atom. The van der Waals surface area contributed by atoms with E-state index in [1.54, 1.807) is 12.1 Å². The Labute approximate surface area is 196 Å². The number of hydrogen-bond donors (Lipinski definition) is 0. The molecule has 33 heavy (non-hydrogen) atoms. The highest BCUT2D eigenvalue weighted by molar-refractivity contribution is 6.30. The lowest BCUT2D eigenvalue weighted by molar-refractivity contribution is -0.148. The fourth-order valence-corrected chi connectivity index (χ4v) is 4.31. The molecule has 0 amide bonds. The SMILES string of the molecule is CCOC(=O)[C@H]1CCCN(c2cc(-c3nc(-c4ccc(Cl)cc4)no3)c3ccccc3n2)C1. The molecule has 1 aliphatic heterocycles. The first kappa shape index (κ1) is 21.4. The van der Waals surface area contributed by atoms with Crippen LogP contribution in [0.3, 0.4) is 0 Å². The van der Waals surface area contributed by atoms with Gasteiger partial charge in [0, 0.05) is 29.1 Å². The highest BCUT2D eigenvalue weighted by atomic mass is 35.5. The summed E-state index contributed by atoms with van der Waals surface area (Å²) >= 11 is 6.00. The molecule has 4 aromatic rings. The second-order valence-electron chi connectivity index (χ2n) is 8.01. The van der Waals surface area contributed by atoms with Gasteiger partial charge in [-0.25, -0.2) is 4.98 Å². The Morgan fingerprint density at radius 1 is 1.18 bits per heavy atom. The van der Waals surface area contributed by atoms with E-state index in [2.05, 4.69) is 15.0 Å². The molecule has 0 saturated carbocycles. The molecule has 3 heterocycles. The van der Waals surface area contributed by atoms with Gasteiger partial charge in [0.1, 0.15) is 5.82 Å². The number of esters is 1. The molecule has 1 fully saturated rings. The van der Waals surface area contributed by atoms with E-state index in [-0.39, 0.29) is 11.9 Å². The summed E-state index contributed by atoms with van der Waals surface area (Å²) < 4.78 is 10.9. The van der Waals surface area contributed by atoms with Crippen molar-refractivity contribution in [3.05, 3.63) is 59.6 Å². The van der Waals surface area contributed by atoms with Crippen LogP contribution in [0.25, 0.3) is 33.7 Å². The Morgan fingerprint density at radius 3 is 2.82 bits per heavy atom. The first-order valence-electron chi connectivity index (χ1n) is 11.0. The van der Waals surface area contributed by atoms with E-state index in [1.807, 2.05) is 49.4 Å². The number of carbonyl (C=O) groups is 1. The summed E-state index contributed by atoms with van der Waals surface area (Å²) in [5.74, 6) is 1.38. The van der Waals surface area contributed by atoms with E-state index in [4.69, 9.17) is 25.8 Å². The van der Waals surface area contributed by atoms with Gasteiger partial charge in [-0.15, -0.1) is 0 Å². The van der Waals surface area contributed by atoms with Crippen LogP contribution < -0.4 is 4.90 Å². The molecular weight excluding hydrogens is 440 g/mol. The number of pyridine rings is 1. The lowest BCUT2D eigenvalue weighted by atomic mass is 9.98. The third-order valence-corrected chi connectivity index (χ3v) is 6.08. The smallest absolute Gasteiger partial charge is 0.310 e. The number of para-hydroxylation sites is 1. The summed E-state index contributed by atoms with van der Waals surface area (Å²) in [7, 11) is 0. The van der Waals surface area contributed by atoms with Crippen molar-refractivity contribution in [2.45, 2.75) is 19.8 Å². The molecule has 0 radical (unpaired) electrons. The van der Waals surface area contributed by atoms with Crippen molar-refractivity contribution in [3.63, 3.8) is 0 Å². The normalized spacial score (nSPS) is 16.2. The summed E-state index contributed by atoms with van der Waals surface area (Å²) in [6.45, 7) is 3.61. The van der Waals surface area contributed by atoms with Gasteiger partial charge in [-0.05, 0) is 56.2 Å². The number of fused-ring (bicyclic) bond motifs is 1. The molecule has 2 aromatic carbocycles. The first-order valence-corrected chi connectivity index (χ1v) is 11.4. The summed E-state index contributed by atoms with van der Waals surface area (Å²) in [5, 5.41) is 5.74. The molecular formula is C25H23ClN4O3. The number of ether oxygens (including phenoxy) is 1. The number of nitrogens with zero attached hydrogens (tertiary/aromatic N) is 4. The molecule has 8 heteroatoms. The minimum atomic E-state index is -0.157. The van der Waals surface area contributed by atoms with Crippen LogP contribution in [-0.2, 0) is 9.53 Å². The van der Waals surface area contributed by atoms with E-state index in [0.29, 0.717) is 29.9 Å². The van der Waals surface area contributed by atoms with Crippen LogP contribution in [0.15, 0.2) is 59.1 Å². The molecule has 0 bridgehead atoms. The minimum absolute atomic E-state index is 0.146. The molecule has 2 aromatic heterocycles. The highest BCUT2D eigenvalue weighted by Gasteiger charge is 2.28. The number of piperidine rings is 1. The quantitative estimate of drug-likeness (QED) is 0.368. The van der Waals surface area contributed by atoms with E-state index >= 15 is 0 Å². The van der Waals surface area contributed by atoms with E-state index in [0.717, 1.165) is 47.2 Å². The van der Waals surface area contributed by atoms with Gasteiger partial charge in [0.15, 0.2) is 0 Å². The maximum atomic E-state index is 12.3. The molecule has 168 valence electrons. The lowest BCUT2D eigenvalue weighted by Gasteiger charge is -2.32. The van der Waals surface area contributed by atoms with Crippen LogP contribution in [-0.4, -0.2) is 40.8 Å². The second kappa shape index (κ2) is 9.19. The number of aromatic nitrogens is 3.